The number of pyridine rings is 1. The van der Waals surface area contributed by atoms with E-state index >= 15 is 0 Å². The number of rotatable bonds is 4. The van der Waals surface area contributed by atoms with Crippen molar-refractivity contribution in [1.82, 2.24) is 19.7 Å². The monoisotopic (exact) mass is 433 g/mol. The van der Waals surface area contributed by atoms with Crippen LogP contribution in [-0.2, 0) is 9.53 Å². The van der Waals surface area contributed by atoms with E-state index in [0.717, 1.165) is 12.1 Å². The summed E-state index contributed by atoms with van der Waals surface area (Å²) in [5, 5.41) is 4.57. The minimum atomic E-state index is -0.572. The predicted octanol–water partition coefficient (Wildman–Crippen LogP) is 3.92. The molecule has 2 amide bonds. The number of halogens is 1. The third-order valence-corrected chi connectivity index (χ3v) is 5.13. The SMILES string of the molecule is CCN(C(=O)C1CCCN(C(=O)OC(C)(C)C)C1)c1cn(-c2cccnc2)nc1Cl. The largest absolute Gasteiger partial charge is 0.444 e. The van der Waals surface area contributed by atoms with Gasteiger partial charge in [0.25, 0.3) is 0 Å². The minimum Gasteiger partial charge on any atom is -0.444 e. The maximum Gasteiger partial charge on any atom is 0.410 e. The average molecular weight is 434 g/mol. The lowest BCUT2D eigenvalue weighted by Gasteiger charge is -2.35. The van der Waals surface area contributed by atoms with E-state index in [1.54, 1.807) is 39.1 Å². The molecule has 1 fully saturated rings. The Balaban J connectivity index is 1.76. The number of ether oxygens (including phenoxy) is 1. The first-order valence-corrected chi connectivity index (χ1v) is 10.5. The molecule has 3 rings (SSSR count). The van der Waals surface area contributed by atoms with Gasteiger partial charge in [-0.25, -0.2) is 9.48 Å². The van der Waals surface area contributed by atoms with Crippen LogP contribution in [0.15, 0.2) is 30.7 Å². The van der Waals surface area contributed by atoms with Crippen LogP contribution >= 0.6 is 11.6 Å². The summed E-state index contributed by atoms with van der Waals surface area (Å²) in [7, 11) is 0. The van der Waals surface area contributed by atoms with Gasteiger partial charge in [-0.15, -0.1) is 0 Å². The molecule has 1 aliphatic heterocycles. The van der Waals surface area contributed by atoms with Crippen molar-refractivity contribution in [1.29, 1.82) is 0 Å². The standard InChI is InChI=1S/C21H28ClN5O3/c1-5-26(17-14-27(24-18(17)22)16-9-6-10-23-12-16)19(28)15-8-7-11-25(13-15)20(29)30-21(2,3)4/h6,9-10,12,14-15H,5,7-8,11,13H2,1-4H3. The Hall–Kier alpha value is -2.61. The Labute approximate surface area is 181 Å². The number of anilines is 1. The Morgan fingerprint density at radius 3 is 2.77 bits per heavy atom. The Kier molecular flexibility index (Phi) is 6.65. The third-order valence-electron chi connectivity index (χ3n) is 4.86. The van der Waals surface area contributed by atoms with Crippen molar-refractivity contribution in [2.75, 3.05) is 24.5 Å². The molecule has 1 unspecified atom stereocenters. The summed E-state index contributed by atoms with van der Waals surface area (Å²) in [5.74, 6) is -0.387. The van der Waals surface area contributed by atoms with Gasteiger partial charge in [-0.2, -0.15) is 5.10 Å². The molecule has 0 spiro atoms. The lowest BCUT2D eigenvalue weighted by molar-refractivity contribution is -0.123. The zero-order valence-corrected chi connectivity index (χ0v) is 18.6. The third kappa shape index (κ3) is 5.11. The summed E-state index contributed by atoms with van der Waals surface area (Å²) >= 11 is 6.37. The molecule has 9 heteroatoms. The molecule has 0 radical (unpaired) electrons. The average Bonchev–Trinajstić information content (AvgIpc) is 3.09. The van der Waals surface area contributed by atoms with Crippen molar-refractivity contribution in [3.63, 3.8) is 0 Å². The second-order valence-corrected chi connectivity index (χ2v) is 8.67. The maximum absolute atomic E-state index is 13.3. The van der Waals surface area contributed by atoms with E-state index in [9.17, 15) is 9.59 Å². The number of likely N-dealkylation sites (tertiary alicyclic amines) is 1. The molecule has 2 aromatic heterocycles. The molecule has 1 aliphatic rings. The van der Waals surface area contributed by atoms with Crippen molar-refractivity contribution < 1.29 is 14.3 Å². The van der Waals surface area contributed by atoms with Crippen LogP contribution in [0.25, 0.3) is 5.69 Å². The molecule has 3 heterocycles. The van der Waals surface area contributed by atoms with Crippen LogP contribution in [0.4, 0.5) is 10.5 Å². The summed E-state index contributed by atoms with van der Waals surface area (Å²) in [6.07, 6.45) is 6.15. The number of piperidine rings is 1. The fraction of sp³-hybridized carbons (Fsp3) is 0.524. The Bertz CT molecular complexity index is 894. The van der Waals surface area contributed by atoms with Gasteiger partial charge in [-0.3, -0.25) is 9.78 Å². The highest BCUT2D eigenvalue weighted by molar-refractivity contribution is 6.32. The number of carbonyl (C=O) groups is 2. The number of hydrogen-bond acceptors (Lipinski definition) is 5. The van der Waals surface area contributed by atoms with Gasteiger partial charge < -0.3 is 14.5 Å². The molecule has 0 bridgehead atoms. The molecule has 2 aromatic rings. The highest BCUT2D eigenvalue weighted by Crippen LogP contribution is 2.29. The second-order valence-electron chi connectivity index (χ2n) is 8.31. The molecule has 0 aromatic carbocycles. The van der Waals surface area contributed by atoms with Gasteiger partial charge >= 0.3 is 6.09 Å². The van der Waals surface area contributed by atoms with Gasteiger partial charge in [-0.1, -0.05) is 11.6 Å². The predicted molar refractivity (Wildman–Crippen MR) is 115 cm³/mol. The maximum atomic E-state index is 13.3. The van der Waals surface area contributed by atoms with Gasteiger partial charge in [-0.05, 0) is 52.7 Å². The number of aromatic nitrogens is 3. The molecule has 8 nitrogen and oxygen atoms in total. The molecule has 0 saturated carbocycles. The van der Waals surface area contributed by atoms with Crippen LogP contribution in [0.2, 0.25) is 5.15 Å². The molecule has 1 atom stereocenters. The van der Waals surface area contributed by atoms with Gasteiger partial charge in [0.2, 0.25) is 5.91 Å². The first-order chi connectivity index (χ1) is 14.2. The van der Waals surface area contributed by atoms with Gasteiger partial charge in [0, 0.05) is 25.8 Å². The van der Waals surface area contributed by atoms with E-state index in [1.807, 2.05) is 33.8 Å². The van der Waals surface area contributed by atoms with E-state index in [2.05, 4.69) is 10.1 Å². The highest BCUT2D eigenvalue weighted by atomic mass is 35.5. The van der Waals surface area contributed by atoms with E-state index < -0.39 is 5.60 Å². The summed E-state index contributed by atoms with van der Waals surface area (Å²) in [6, 6.07) is 3.67. The zero-order chi connectivity index (χ0) is 21.9. The summed E-state index contributed by atoms with van der Waals surface area (Å²) in [5.41, 5.74) is 0.725. The van der Waals surface area contributed by atoms with E-state index in [1.165, 1.54) is 0 Å². The summed E-state index contributed by atoms with van der Waals surface area (Å²) in [4.78, 5) is 33.1. The number of hydrogen-bond donors (Lipinski definition) is 0. The van der Waals surface area contributed by atoms with Crippen LogP contribution in [0.3, 0.4) is 0 Å². The summed E-state index contributed by atoms with van der Waals surface area (Å²) < 4.78 is 7.08. The second kappa shape index (κ2) is 9.04. The smallest absolute Gasteiger partial charge is 0.410 e. The van der Waals surface area contributed by atoms with Gasteiger partial charge in [0.1, 0.15) is 11.3 Å². The molecule has 162 valence electrons. The molecular formula is C21H28ClN5O3. The van der Waals surface area contributed by atoms with E-state index in [-0.39, 0.29) is 23.1 Å². The number of carbonyl (C=O) groups excluding carboxylic acids is 2. The first-order valence-electron chi connectivity index (χ1n) is 10.1. The normalized spacial score (nSPS) is 17.0. The zero-order valence-electron chi connectivity index (χ0n) is 17.8. The van der Waals surface area contributed by atoms with Crippen molar-refractivity contribution in [3.05, 3.63) is 35.9 Å². The van der Waals surface area contributed by atoms with Crippen molar-refractivity contribution in [2.45, 2.75) is 46.1 Å². The van der Waals surface area contributed by atoms with Crippen LogP contribution in [0.5, 0.6) is 0 Å². The first kappa shape index (κ1) is 22.1. The quantitative estimate of drug-likeness (QED) is 0.729. The van der Waals surface area contributed by atoms with E-state index in [0.29, 0.717) is 31.7 Å². The molecular weight excluding hydrogens is 406 g/mol. The minimum absolute atomic E-state index is 0.0709. The molecule has 1 saturated heterocycles. The van der Waals surface area contributed by atoms with Crippen molar-refractivity contribution in [2.24, 2.45) is 5.92 Å². The fourth-order valence-electron chi connectivity index (χ4n) is 3.48. The Morgan fingerprint density at radius 1 is 1.37 bits per heavy atom. The van der Waals surface area contributed by atoms with Crippen LogP contribution < -0.4 is 4.90 Å². The molecule has 0 N–H and O–H groups in total. The van der Waals surface area contributed by atoms with Crippen LogP contribution in [-0.4, -0.2) is 56.9 Å². The van der Waals surface area contributed by atoms with Crippen LogP contribution in [0.1, 0.15) is 40.5 Å². The lowest BCUT2D eigenvalue weighted by atomic mass is 9.96. The number of nitrogens with zero attached hydrogens (tertiary/aromatic N) is 5. The highest BCUT2D eigenvalue weighted by Gasteiger charge is 2.34. The van der Waals surface area contributed by atoms with Crippen molar-refractivity contribution >= 4 is 29.3 Å². The number of amides is 2. The lowest BCUT2D eigenvalue weighted by Crippen LogP contribution is -2.48. The van der Waals surface area contributed by atoms with E-state index in [4.69, 9.17) is 16.3 Å². The van der Waals surface area contributed by atoms with Gasteiger partial charge in [0.15, 0.2) is 5.15 Å². The van der Waals surface area contributed by atoms with Crippen LogP contribution in [0, 0.1) is 5.92 Å². The fourth-order valence-corrected chi connectivity index (χ4v) is 3.71. The molecule has 0 aliphatic carbocycles. The Morgan fingerprint density at radius 2 is 2.13 bits per heavy atom. The van der Waals surface area contributed by atoms with Gasteiger partial charge in [0.05, 0.1) is 24.0 Å². The molecule has 30 heavy (non-hydrogen) atoms. The van der Waals surface area contributed by atoms with Crippen molar-refractivity contribution in [3.8, 4) is 5.69 Å². The topological polar surface area (TPSA) is 80.6 Å². The summed E-state index contributed by atoms with van der Waals surface area (Å²) in [6.45, 7) is 8.75.